The molecule has 0 aliphatic carbocycles. The third-order valence-corrected chi connectivity index (χ3v) is 3.28. The van der Waals surface area contributed by atoms with E-state index in [1.165, 1.54) is 19.2 Å². The molecule has 1 aromatic carbocycles. The van der Waals surface area contributed by atoms with E-state index in [2.05, 4.69) is 12.2 Å². The van der Waals surface area contributed by atoms with E-state index in [9.17, 15) is 9.18 Å². The van der Waals surface area contributed by atoms with Gasteiger partial charge in [-0.1, -0.05) is 13.3 Å². The molecule has 1 atom stereocenters. The van der Waals surface area contributed by atoms with E-state index in [1.54, 1.807) is 6.07 Å². The molecular weight excluding hydrogens is 269 g/mol. The van der Waals surface area contributed by atoms with Crippen LogP contribution in [-0.4, -0.2) is 25.4 Å². The number of carbonyl (C=O) groups excluding carboxylic acids is 1. The van der Waals surface area contributed by atoms with Crippen molar-refractivity contribution in [3.63, 3.8) is 0 Å². The minimum absolute atomic E-state index is 0.130. The number of alkyl halides is 1. The van der Waals surface area contributed by atoms with Crippen LogP contribution in [0.3, 0.4) is 0 Å². The van der Waals surface area contributed by atoms with Gasteiger partial charge >= 0.3 is 0 Å². The molecule has 0 saturated heterocycles. The Labute approximate surface area is 118 Å². The molecule has 0 aliphatic rings. The molecule has 1 aromatic rings. The van der Waals surface area contributed by atoms with Gasteiger partial charge in [0.15, 0.2) is 11.6 Å². The van der Waals surface area contributed by atoms with Crippen molar-refractivity contribution in [1.82, 2.24) is 5.32 Å². The summed E-state index contributed by atoms with van der Waals surface area (Å²) in [5.74, 6) is 0.234. The average molecular weight is 288 g/mol. The molecule has 0 spiro atoms. The first kappa shape index (κ1) is 15.8. The number of benzene rings is 1. The molecule has 0 heterocycles. The second-order valence-electron chi connectivity index (χ2n) is 4.31. The Balaban J connectivity index is 2.60. The summed E-state index contributed by atoms with van der Waals surface area (Å²) < 4.78 is 18.3. The molecule has 0 fully saturated rings. The van der Waals surface area contributed by atoms with Gasteiger partial charge in [0.2, 0.25) is 0 Å². The Kier molecular flexibility index (Phi) is 6.64. The highest BCUT2D eigenvalue weighted by Gasteiger charge is 2.12. The molecule has 5 heteroatoms. The van der Waals surface area contributed by atoms with E-state index in [0.717, 1.165) is 12.8 Å². The summed E-state index contributed by atoms with van der Waals surface area (Å²) in [5, 5.41) is 2.79. The second kappa shape index (κ2) is 8.00. The topological polar surface area (TPSA) is 38.3 Å². The number of nitrogens with one attached hydrogen (secondary N) is 1. The standard InChI is InChI=1S/C14H19ClFNO2/c1-3-10(6-7-15)9-17-14(18)11-4-5-13(19-2)12(16)8-11/h4-5,8,10H,3,6-7,9H2,1-2H3,(H,17,18). The van der Waals surface area contributed by atoms with E-state index >= 15 is 0 Å². The Hall–Kier alpha value is -1.29. The van der Waals surface area contributed by atoms with Crippen molar-refractivity contribution < 1.29 is 13.9 Å². The van der Waals surface area contributed by atoms with Crippen molar-refractivity contribution in [1.29, 1.82) is 0 Å². The summed E-state index contributed by atoms with van der Waals surface area (Å²) in [4.78, 5) is 11.9. The van der Waals surface area contributed by atoms with Crippen LogP contribution in [0.25, 0.3) is 0 Å². The molecular formula is C14H19ClFNO2. The van der Waals surface area contributed by atoms with Gasteiger partial charge in [0, 0.05) is 18.0 Å². The molecule has 19 heavy (non-hydrogen) atoms. The summed E-state index contributed by atoms with van der Waals surface area (Å²) >= 11 is 5.69. The van der Waals surface area contributed by atoms with Crippen LogP contribution in [0.2, 0.25) is 0 Å². The zero-order chi connectivity index (χ0) is 14.3. The maximum Gasteiger partial charge on any atom is 0.251 e. The van der Waals surface area contributed by atoms with Crippen molar-refractivity contribution in [2.24, 2.45) is 5.92 Å². The number of amides is 1. The second-order valence-corrected chi connectivity index (χ2v) is 4.69. The Bertz CT molecular complexity index is 426. The van der Waals surface area contributed by atoms with Crippen LogP contribution < -0.4 is 10.1 Å². The molecule has 106 valence electrons. The van der Waals surface area contributed by atoms with Gasteiger partial charge in [-0.3, -0.25) is 4.79 Å². The smallest absolute Gasteiger partial charge is 0.251 e. The van der Waals surface area contributed by atoms with E-state index in [-0.39, 0.29) is 11.7 Å². The van der Waals surface area contributed by atoms with E-state index < -0.39 is 5.82 Å². The zero-order valence-electron chi connectivity index (χ0n) is 11.2. The fourth-order valence-electron chi connectivity index (χ4n) is 1.75. The Morgan fingerprint density at radius 3 is 2.79 bits per heavy atom. The molecule has 1 amide bonds. The van der Waals surface area contributed by atoms with Crippen LogP contribution >= 0.6 is 11.6 Å². The van der Waals surface area contributed by atoms with Crippen LogP contribution in [0, 0.1) is 11.7 Å². The highest BCUT2D eigenvalue weighted by atomic mass is 35.5. The first-order chi connectivity index (χ1) is 9.12. The lowest BCUT2D eigenvalue weighted by atomic mass is 10.0. The molecule has 0 saturated carbocycles. The van der Waals surface area contributed by atoms with Crippen LogP contribution in [-0.2, 0) is 0 Å². The minimum Gasteiger partial charge on any atom is -0.494 e. The summed E-state index contributed by atoms with van der Waals surface area (Å²) in [6, 6.07) is 4.16. The van der Waals surface area contributed by atoms with Crippen LogP contribution in [0.15, 0.2) is 18.2 Å². The average Bonchev–Trinajstić information content (AvgIpc) is 2.42. The van der Waals surface area contributed by atoms with E-state index in [0.29, 0.717) is 23.9 Å². The number of hydrogen-bond donors (Lipinski definition) is 1. The van der Waals surface area contributed by atoms with E-state index in [4.69, 9.17) is 16.3 Å². The molecule has 3 nitrogen and oxygen atoms in total. The number of halogens is 2. The number of carbonyl (C=O) groups is 1. The van der Waals surface area contributed by atoms with Gasteiger partial charge in [-0.05, 0) is 30.5 Å². The number of rotatable bonds is 7. The summed E-state index contributed by atoms with van der Waals surface area (Å²) in [7, 11) is 1.39. The van der Waals surface area contributed by atoms with Gasteiger partial charge in [-0.15, -0.1) is 11.6 Å². The van der Waals surface area contributed by atoms with Crippen molar-refractivity contribution in [3.05, 3.63) is 29.6 Å². The normalized spacial score (nSPS) is 12.0. The van der Waals surface area contributed by atoms with Crippen molar-refractivity contribution in [2.75, 3.05) is 19.5 Å². The number of hydrogen-bond acceptors (Lipinski definition) is 2. The SMILES string of the molecule is CCC(CCCl)CNC(=O)c1ccc(OC)c(F)c1. The summed E-state index contributed by atoms with van der Waals surface area (Å²) in [6.07, 6.45) is 1.80. The fourth-order valence-corrected chi connectivity index (χ4v) is 2.06. The number of methoxy groups -OCH3 is 1. The molecule has 0 bridgehead atoms. The maximum atomic E-state index is 13.5. The molecule has 1 N–H and O–H groups in total. The van der Waals surface area contributed by atoms with Crippen molar-refractivity contribution in [2.45, 2.75) is 19.8 Å². The van der Waals surface area contributed by atoms with Crippen molar-refractivity contribution in [3.8, 4) is 5.75 Å². The maximum absolute atomic E-state index is 13.5. The molecule has 1 rings (SSSR count). The van der Waals surface area contributed by atoms with Crippen LogP contribution in [0.4, 0.5) is 4.39 Å². The Morgan fingerprint density at radius 2 is 2.26 bits per heavy atom. The van der Waals surface area contributed by atoms with Gasteiger partial charge in [0.25, 0.3) is 5.91 Å². The fraction of sp³-hybridized carbons (Fsp3) is 0.500. The van der Waals surface area contributed by atoms with Gasteiger partial charge in [0.05, 0.1) is 7.11 Å². The van der Waals surface area contributed by atoms with Crippen LogP contribution in [0.5, 0.6) is 5.75 Å². The third kappa shape index (κ3) is 4.71. The van der Waals surface area contributed by atoms with Crippen LogP contribution in [0.1, 0.15) is 30.1 Å². The lowest BCUT2D eigenvalue weighted by Crippen LogP contribution is -2.29. The van der Waals surface area contributed by atoms with E-state index in [1.807, 2.05) is 0 Å². The van der Waals surface area contributed by atoms with Gasteiger partial charge in [-0.2, -0.15) is 0 Å². The highest BCUT2D eigenvalue weighted by molar-refractivity contribution is 6.17. The molecule has 0 aromatic heterocycles. The lowest BCUT2D eigenvalue weighted by molar-refractivity contribution is 0.0946. The number of ether oxygens (including phenoxy) is 1. The highest BCUT2D eigenvalue weighted by Crippen LogP contribution is 2.17. The zero-order valence-corrected chi connectivity index (χ0v) is 12.0. The molecule has 0 radical (unpaired) electrons. The Morgan fingerprint density at radius 1 is 1.53 bits per heavy atom. The molecule has 0 aliphatic heterocycles. The van der Waals surface area contributed by atoms with Gasteiger partial charge in [-0.25, -0.2) is 4.39 Å². The third-order valence-electron chi connectivity index (χ3n) is 3.06. The summed E-state index contributed by atoms with van der Waals surface area (Å²) in [6.45, 7) is 2.60. The monoisotopic (exact) mass is 287 g/mol. The lowest BCUT2D eigenvalue weighted by Gasteiger charge is -2.14. The predicted molar refractivity (Wildman–Crippen MR) is 74.4 cm³/mol. The summed E-state index contributed by atoms with van der Waals surface area (Å²) in [5.41, 5.74) is 0.291. The quantitative estimate of drug-likeness (QED) is 0.782. The van der Waals surface area contributed by atoms with Crippen molar-refractivity contribution >= 4 is 17.5 Å². The predicted octanol–water partition coefficient (Wildman–Crippen LogP) is 3.22. The first-order valence-electron chi connectivity index (χ1n) is 6.30. The minimum atomic E-state index is -0.539. The van der Waals surface area contributed by atoms with Gasteiger partial charge in [0.1, 0.15) is 0 Å². The largest absolute Gasteiger partial charge is 0.494 e. The van der Waals surface area contributed by atoms with Gasteiger partial charge < -0.3 is 10.1 Å². The molecule has 1 unspecified atom stereocenters. The first-order valence-corrected chi connectivity index (χ1v) is 6.83.